The van der Waals surface area contributed by atoms with Gasteiger partial charge in [0.25, 0.3) is 5.91 Å². The van der Waals surface area contributed by atoms with Crippen LogP contribution in [0.3, 0.4) is 0 Å². The molecule has 2 aromatic carbocycles. The molecule has 0 saturated heterocycles. The van der Waals surface area contributed by atoms with Crippen LogP contribution < -0.4 is 15.4 Å². The number of nitrogens with one attached hydrogen (secondary N) is 2. The average Bonchev–Trinajstić information content (AvgIpc) is 2.96. The van der Waals surface area contributed by atoms with Crippen LogP contribution in [0.5, 0.6) is 5.75 Å². The van der Waals surface area contributed by atoms with Crippen LogP contribution in [0, 0.1) is 13.8 Å². The van der Waals surface area contributed by atoms with E-state index >= 15 is 0 Å². The highest BCUT2D eigenvalue weighted by molar-refractivity contribution is 7.80. The van der Waals surface area contributed by atoms with Crippen molar-refractivity contribution in [2.45, 2.75) is 13.8 Å². The summed E-state index contributed by atoms with van der Waals surface area (Å²) < 4.78 is 6.24. The van der Waals surface area contributed by atoms with Crippen LogP contribution in [0.4, 0.5) is 5.13 Å². The molecule has 0 unspecified atom stereocenters. The van der Waals surface area contributed by atoms with Gasteiger partial charge >= 0.3 is 0 Å². The predicted octanol–water partition coefficient (Wildman–Crippen LogP) is 5.36. The Morgan fingerprint density at radius 1 is 1.22 bits per heavy atom. The van der Waals surface area contributed by atoms with Gasteiger partial charge in [-0.2, -0.15) is 0 Å². The molecule has 1 amide bonds. The lowest BCUT2D eigenvalue weighted by atomic mass is 10.1. The molecule has 0 fully saturated rings. The van der Waals surface area contributed by atoms with Crippen molar-refractivity contribution in [1.82, 2.24) is 10.3 Å². The summed E-state index contributed by atoms with van der Waals surface area (Å²) in [5.41, 5.74) is 3.35. The van der Waals surface area contributed by atoms with Gasteiger partial charge in [0, 0.05) is 5.02 Å². The number of carbonyl (C=O) groups is 1. The molecule has 2 N–H and O–H groups in total. The minimum Gasteiger partial charge on any atom is -0.494 e. The predicted molar refractivity (Wildman–Crippen MR) is 116 cm³/mol. The van der Waals surface area contributed by atoms with Crippen LogP contribution >= 0.6 is 46.8 Å². The number of methoxy groups -OCH3 is 1. The molecule has 0 spiro atoms. The zero-order valence-corrected chi connectivity index (χ0v) is 17.8. The van der Waals surface area contributed by atoms with E-state index in [1.54, 1.807) is 0 Å². The van der Waals surface area contributed by atoms with Crippen molar-refractivity contribution < 1.29 is 9.53 Å². The van der Waals surface area contributed by atoms with Crippen LogP contribution in [0.2, 0.25) is 10.0 Å². The normalized spacial score (nSPS) is 10.7. The zero-order chi connectivity index (χ0) is 19.7. The Morgan fingerprint density at radius 3 is 2.67 bits per heavy atom. The number of hydrogen-bond acceptors (Lipinski definition) is 5. The number of aryl methyl sites for hydroxylation is 2. The lowest BCUT2D eigenvalue weighted by Crippen LogP contribution is -2.34. The second-order valence-electron chi connectivity index (χ2n) is 5.82. The van der Waals surface area contributed by atoms with Crippen LogP contribution in [0.1, 0.15) is 21.5 Å². The number of nitrogens with zero attached hydrogens (tertiary/aromatic N) is 1. The molecule has 27 heavy (non-hydrogen) atoms. The summed E-state index contributed by atoms with van der Waals surface area (Å²) in [5.74, 6) is -0.255. The number of benzene rings is 2. The Labute approximate surface area is 175 Å². The van der Waals surface area contributed by atoms with Crippen LogP contribution in [-0.4, -0.2) is 23.1 Å². The van der Waals surface area contributed by atoms with Crippen molar-refractivity contribution in [1.29, 1.82) is 0 Å². The number of thiazole rings is 1. The number of thiocarbonyl (C=S) groups is 1. The number of rotatable bonds is 3. The standard InChI is InChI=1S/C18H15Cl2N3O2S2/c1-8-4-9(2)14-13(5-8)27-18(21-14)23-17(26)22-16(24)11-6-10(19)7-12(20)15(11)25-3/h4-7H,1-3H3,(H2,21,22,23,24,26). The van der Waals surface area contributed by atoms with Crippen molar-refractivity contribution in [2.24, 2.45) is 0 Å². The minimum atomic E-state index is -0.484. The summed E-state index contributed by atoms with van der Waals surface area (Å²) in [5, 5.41) is 6.82. The minimum absolute atomic E-state index is 0.117. The highest BCUT2D eigenvalue weighted by Crippen LogP contribution is 2.32. The van der Waals surface area contributed by atoms with Gasteiger partial charge in [-0.05, 0) is 55.4 Å². The smallest absolute Gasteiger partial charge is 0.261 e. The fraction of sp³-hybridized carbons (Fsp3) is 0.167. The van der Waals surface area contributed by atoms with Gasteiger partial charge < -0.3 is 10.1 Å². The molecule has 3 rings (SSSR count). The summed E-state index contributed by atoms with van der Waals surface area (Å²) in [4.78, 5) is 17.1. The second kappa shape index (κ2) is 7.98. The van der Waals surface area contributed by atoms with E-state index in [1.807, 2.05) is 13.8 Å². The van der Waals surface area contributed by atoms with E-state index in [0.717, 1.165) is 21.3 Å². The third-order valence-electron chi connectivity index (χ3n) is 3.73. The number of aromatic nitrogens is 1. The Balaban J connectivity index is 1.78. The molecule has 3 aromatic rings. The van der Waals surface area contributed by atoms with Crippen LogP contribution in [-0.2, 0) is 0 Å². The van der Waals surface area contributed by atoms with E-state index in [-0.39, 0.29) is 21.4 Å². The Kier molecular flexibility index (Phi) is 5.86. The number of anilines is 1. The molecule has 1 aromatic heterocycles. The van der Waals surface area contributed by atoms with Gasteiger partial charge in [-0.3, -0.25) is 10.1 Å². The van der Waals surface area contributed by atoms with E-state index in [2.05, 4.69) is 27.8 Å². The first-order valence-electron chi connectivity index (χ1n) is 7.81. The fourth-order valence-corrected chi connectivity index (χ4v) is 4.53. The first kappa shape index (κ1) is 19.8. The SMILES string of the molecule is COc1c(Cl)cc(Cl)cc1C(=O)NC(=S)Nc1nc2c(C)cc(C)cc2s1. The largest absolute Gasteiger partial charge is 0.494 e. The molecule has 140 valence electrons. The summed E-state index contributed by atoms with van der Waals surface area (Å²) in [6.07, 6.45) is 0. The van der Waals surface area contributed by atoms with E-state index < -0.39 is 5.91 Å². The highest BCUT2D eigenvalue weighted by atomic mass is 35.5. The van der Waals surface area contributed by atoms with Gasteiger partial charge in [0.15, 0.2) is 10.2 Å². The quantitative estimate of drug-likeness (QED) is 0.538. The van der Waals surface area contributed by atoms with Crippen molar-refractivity contribution in [2.75, 3.05) is 12.4 Å². The van der Waals surface area contributed by atoms with Gasteiger partial charge in [0.1, 0.15) is 5.75 Å². The number of fused-ring (bicyclic) bond motifs is 1. The molecule has 0 aliphatic carbocycles. The third-order valence-corrected chi connectivity index (χ3v) is 5.36. The second-order valence-corrected chi connectivity index (χ2v) is 8.11. The molecule has 0 aliphatic rings. The molecule has 1 heterocycles. The Morgan fingerprint density at radius 2 is 1.96 bits per heavy atom. The molecule has 0 radical (unpaired) electrons. The van der Waals surface area contributed by atoms with Crippen LogP contribution in [0.15, 0.2) is 24.3 Å². The summed E-state index contributed by atoms with van der Waals surface area (Å²) in [6, 6.07) is 7.10. The first-order valence-corrected chi connectivity index (χ1v) is 9.79. The third kappa shape index (κ3) is 4.32. The van der Waals surface area contributed by atoms with Crippen molar-refractivity contribution >= 4 is 73.1 Å². The van der Waals surface area contributed by atoms with E-state index in [9.17, 15) is 4.79 Å². The molecule has 0 atom stereocenters. The van der Waals surface area contributed by atoms with Gasteiger partial charge in [-0.25, -0.2) is 4.98 Å². The number of carbonyl (C=O) groups excluding carboxylic acids is 1. The Hall–Kier alpha value is -1.93. The number of amides is 1. The lowest BCUT2D eigenvalue weighted by molar-refractivity contribution is 0.0975. The maximum absolute atomic E-state index is 12.5. The van der Waals surface area contributed by atoms with Gasteiger partial charge in [-0.15, -0.1) is 0 Å². The van der Waals surface area contributed by atoms with Crippen molar-refractivity contribution in [3.63, 3.8) is 0 Å². The molecule has 0 aliphatic heterocycles. The van der Waals surface area contributed by atoms with E-state index in [4.69, 9.17) is 40.2 Å². The zero-order valence-electron chi connectivity index (χ0n) is 14.6. The van der Waals surface area contributed by atoms with Gasteiger partial charge in [0.2, 0.25) is 0 Å². The molecule has 9 heteroatoms. The monoisotopic (exact) mass is 439 g/mol. The topological polar surface area (TPSA) is 63.2 Å². The average molecular weight is 440 g/mol. The number of hydrogen-bond donors (Lipinski definition) is 2. The molecular weight excluding hydrogens is 425 g/mol. The van der Waals surface area contributed by atoms with Gasteiger partial charge in [0.05, 0.1) is 27.9 Å². The van der Waals surface area contributed by atoms with Gasteiger partial charge in [-0.1, -0.05) is 40.6 Å². The first-order chi connectivity index (χ1) is 12.8. The van der Waals surface area contributed by atoms with Crippen LogP contribution in [0.25, 0.3) is 10.2 Å². The summed E-state index contributed by atoms with van der Waals surface area (Å²) >= 11 is 18.8. The molecule has 5 nitrogen and oxygen atoms in total. The summed E-state index contributed by atoms with van der Waals surface area (Å²) in [7, 11) is 1.42. The lowest BCUT2D eigenvalue weighted by Gasteiger charge is -2.12. The number of ether oxygens (including phenoxy) is 1. The van der Waals surface area contributed by atoms with E-state index in [1.165, 1.54) is 30.6 Å². The fourth-order valence-electron chi connectivity index (χ4n) is 2.66. The number of halogens is 2. The van der Waals surface area contributed by atoms with Crippen molar-refractivity contribution in [3.8, 4) is 5.75 Å². The maximum atomic E-state index is 12.5. The molecule has 0 bridgehead atoms. The maximum Gasteiger partial charge on any atom is 0.261 e. The molecule has 0 saturated carbocycles. The van der Waals surface area contributed by atoms with Crippen molar-refractivity contribution in [3.05, 3.63) is 51.0 Å². The molecular formula is C18H15Cl2N3O2S2. The summed E-state index contributed by atoms with van der Waals surface area (Å²) in [6.45, 7) is 4.04. The van der Waals surface area contributed by atoms with E-state index in [0.29, 0.717) is 10.2 Å². The highest BCUT2D eigenvalue weighted by Gasteiger charge is 2.18. The Bertz CT molecular complexity index is 1070.